The van der Waals surface area contributed by atoms with Crippen LogP contribution in [0.25, 0.3) is 0 Å². The molecule has 3 heteroatoms. The van der Waals surface area contributed by atoms with Crippen LogP contribution in [0.5, 0.6) is 0 Å². The van der Waals surface area contributed by atoms with Gasteiger partial charge in [-0.15, -0.1) is 11.8 Å². The Kier molecular flexibility index (Phi) is 5.45. The lowest BCUT2D eigenvalue weighted by Crippen LogP contribution is -2.36. The molecule has 1 amide bonds. The molecule has 0 aromatic heterocycles. The Morgan fingerprint density at radius 2 is 1.76 bits per heavy atom. The zero-order valence-electron chi connectivity index (χ0n) is 12.7. The molecule has 2 nitrogen and oxygen atoms in total. The predicted molar refractivity (Wildman–Crippen MR) is 89.6 cm³/mol. The number of hydrogen-bond donors (Lipinski definition) is 1. The van der Waals surface area contributed by atoms with Crippen LogP contribution in [0.1, 0.15) is 29.8 Å². The van der Waals surface area contributed by atoms with E-state index in [1.807, 2.05) is 36.4 Å². The topological polar surface area (TPSA) is 29.1 Å². The number of aryl methyl sites for hydroxylation is 1. The van der Waals surface area contributed by atoms with Crippen molar-refractivity contribution in [3.8, 4) is 0 Å². The van der Waals surface area contributed by atoms with Crippen molar-refractivity contribution < 1.29 is 4.79 Å². The molecule has 21 heavy (non-hydrogen) atoms. The number of hydrogen-bond acceptors (Lipinski definition) is 2. The van der Waals surface area contributed by atoms with Gasteiger partial charge in [-0.1, -0.05) is 49.7 Å². The number of rotatable bonds is 5. The zero-order valence-corrected chi connectivity index (χ0v) is 13.5. The summed E-state index contributed by atoms with van der Waals surface area (Å²) in [6.45, 7) is 6.33. The number of benzene rings is 2. The molecule has 1 N–H and O–H groups in total. The van der Waals surface area contributed by atoms with Gasteiger partial charge in [-0.3, -0.25) is 4.79 Å². The normalized spacial score (nSPS) is 12.2. The summed E-state index contributed by atoms with van der Waals surface area (Å²) < 4.78 is 0. The largest absolute Gasteiger partial charge is 0.340 e. The maximum absolute atomic E-state index is 12.3. The number of carbonyl (C=O) groups is 1. The van der Waals surface area contributed by atoms with E-state index < -0.39 is 0 Å². The second kappa shape index (κ2) is 7.32. The Bertz CT molecular complexity index is 595. The summed E-state index contributed by atoms with van der Waals surface area (Å²) in [6, 6.07) is 17.7. The third kappa shape index (κ3) is 4.64. The highest BCUT2D eigenvalue weighted by molar-refractivity contribution is 8.00. The van der Waals surface area contributed by atoms with E-state index in [4.69, 9.17) is 0 Å². The highest BCUT2D eigenvalue weighted by Gasteiger charge is 2.18. The van der Waals surface area contributed by atoms with Gasteiger partial charge in [0.25, 0.3) is 5.91 Å². The summed E-state index contributed by atoms with van der Waals surface area (Å²) in [7, 11) is 0. The highest BCUT2D eigenvalue weighted by atomic mass is 32.2. The molecule has 0 aliphatic heterocycles. The molecule has 0 bridgehead atoms. The van der Waals surface area contributed by atoms with Crippen LogP contribution < -0.4 is 5.32 Å². The Hall–Kier alpha value is -1.74. The standard InChI is InChI=1S/C18H21NOS/c1-13(2)18(21-16-11-7-8-14(3)12-16)19-17(20)15-9-5-4-6-10-15/h4-13,18H,1-3H3,(H,19,20). The Morgan fingerprint density at radius 3 is 2.38 bits per heavy atom. The van der Waals surface area contributed by atoms with Gasteiger partial charge in [0, 0.05) is 10.5 Å². The van der Waals surface area contributed by atoms with Crippen molar-refractivity contribution in [2.24, 2.45) is 5.92 Å². The van der Waals surface area contributed by atoms with Gasteiger partial charge in [-0.25, -0.2) is 0 Å². The third-order valence-electron chi connectivity index (χ3n) is 3.17. The van der Waals surface area contributed by atoms with Crippen LogP contribution in [-0.4, -0.2) is 11.3 Å². The second-order valence-electron chi connectivity index (χ2n) is 5.44. The molecule has 2 aromatic rings. The molecule has 0 fully saturated rings. The lowest BCUT2D eigenvalue weighted by atomic mass is 10.2. The first kappa shape index (κ1) is 15.6. The molecule has 1 atom stereocenters. The minimum Gasteiger partial charge on any atom is -0.340 e. The lowest BCUT2D eigenvalue weighted by molar-refractivity contribution is 0.0943. The predicted octanol–water partition coefficient (Wildman–Crippen LogP) is 4.50. The zero-order chi connectivity index (χ0) is 15.2. The van der Waals surface area contributed by atoms with Crippen molar-refractivity contribution in [2.75, 3.05) is 0 Å². The number of nitrogens with one attached hydrogen (secondary N) is 1. The first-order valence-corrected chi connectivity index (χ1v) is 8.03. The molecule has 2 rings (SSSR count). The maximum atomic E-state index is 12.3. The molecule has 0 heterocycles. The second-order valence-corrected chi connectivity index (χ2v) is 6.65. The quantitative estimate of drug-likeness (QED) is 0.650. The van der Waals surface area contributed by atoms with E-state index in [1.54, 1.807) is 11.8 Å². The lowest BCUT2D eigenvalue weighted by Gasteiger charge is -2.22. The summed E-state index contributed by atoms with van der Waals surface area (Å²) in [5.41, 5.74) is 1.94. The summed E-state index contributed by atoms with van der Waals surface area (Å²) in [5.74, 6) is 0.331. The van der Waals surface area contributed by atoms with Crippen LogP contribution in [0, 0.1) is 12.8 Å². The van der Waals surface area contributed by atoms with E-state index >= 15 is 0 Å². The van der Waals surface area contributed by atoms with E-state index in [2.05, 4.69) is 44.3 Å². The third-order valence-corrected chi connectivity index (χ3v) is 4.61. The average molecular weight is 299 g/mol. The van der Waals surface area contributed by atoms with Crippen molar-refractivity contribution in [3.63, 3.8) is 0 Å². The first-order chi connectivity index (χ1) is 10.1. The van der Waals surface area contributed by atoms with Crippen LogP contribution in [0.3, 0.4) is 0 Å². The van der Waals surface area contributed by atoms with Gasteiger partial charge in [-0.2, -0.15) is 0 Å². The van der Waals surface area contributed by atoms with Gasteiger partial charge < -0.3 is 5.32 Å². The molecule has 0 aliphatic rings. The van der Waals surface area contributed by atoms with E-state index in [0.29, 0.717) is 11.5 Å². The molecule has 0 saturated carbocycles. The summed E-state index contributed by atoms with van der Waals surface area (Å²) in [5, 5.41) is 3.18. The molecular formula is C18H21NOS. The van der Waals surface area contributed by atoms with E-state index in [1.165, 1.54) is 10.5 Å². The van der Waals surface area contributed by atoms with Gasteiger partial charge in [0.15, 0.2) is 0 Å². The van der Waals surface area contributed by atoms with Crippen molar-refractivity contribution in [1.29, 1.82) is 0 Å². The molecular weight excluding hydrogens is 278 g/mol. The van der Waals surface area contributed by atoms with Gasteiger partial charge in [0.2, 0.25) is 0 Å². The smallest absolute Gasteiger partial charge is 0.252 e. The minimum absolute atomic E-state index is 0.0190. The minimum atomic E-state index is -0.0190. The van der Waals surface area contributed by atoms with Crippen LogP contribution in [0.2, 0.25) is 0 Å². The first-order valence-electron chi connectivity index (χ1n) is 7.15. The SMILES string of the molecule is Cc1cccc(SC(NC(=O)c2ccccc2)C(C)C)c1. The van der Waals surface area contributed by atoms with E-state index in [-0.39, 0.29) is 11.3 Å². The number of thioether (sulfide) groups is 1. The number of carbonyl (C=O) groups excluding carboxylic acids is 1. The molecule has 1 unspecified atom stereocenters. The summed E-state index contributed by atoms with van der Waals surface area (Å²) >= 11 is 1.70. The van der Waals surface area contributed by atoms with Gasteiger partial charge in [-0.05, 0) is 37.1 Å². The summed E-state index contributed by atoms with van der Waals surface area (Å²) in [6.07, 6.45) is 0. The highest BCUT2D eigenvalue weighted by Crippen LogP contribution is 2.27. The average Bonchev–Trinajstić information content (AvgIpc) is 2.47. The Labute approximate surface area is 131 Å². The molecule has 0 radical (unpaired) electrons. The fourth-order valence-electron chi connectivity index (χ4n) is 1.97. The van der Waals surface area contributed by atoms with Gasteiger partial charge in [0.05, 0.1) is 5.37 Å². The molecule has 0 aliphatic carbocycles. The Morgan fingerprint density at radius 1 is 1.05 bits per heavy atom. The molecule has 0 spiro atoms. The number of amides is 1. The van der Waals surface area contributed by atoms with Crippen molar-refractivity contribution in [3.05, 3.63) is 65.7 Å². The van der Waals surface area contributed by atoms with Crippen LogP contribution in [0.15, 0.2) is 59.5 Å². The van der Waals surface area contributed by atoms with E-state index in [0.717, 1.165) is 0 Å². The summed E-state index contributed by atoms with van der Waals surface area (Å²) in [4.78, 5) is 13.5. The van der Waals surface area contributed by atoms with Crippen molar-refractivity contribution >= 4 is 17.7 Å². The van der Waals surface area contributed by atoms with Gasteiger partial charge >= 0.3 is 0 Å². The van der Waals surface area contributed by atoms with Crippen LogP contribution in [-0.2, 0) is 0 Å². The van der Waals surface area contributed by atoms with Gasteiger partial charge in [0.1, 0.15) is 0 Å². The van der Waals surface area contributed by atoms with Crippen molar-refractivity contribution in [1.82, 2.24) is 5.32 Å². The Balaban J connectivity index is 2.08. The van der Waals surface area contributed by atoms with Crippen LogP contribution >= 0.6 is 11.8 Å². The van der Waals surface area contributed by atoms with Crippen LogP contribution in [0.4, 0.5) is 0 Å². The van der Waals surface area contributed by atoms with E-state index in [9.17, 15) is 4.79 Å². The molecule has 2 aromatic carbocycles. The fourth-order valence-corrected chi connectivity index (χ4v) is 3.11. The maximum Gasteiger partial charge on any atom is 0.252 e. The molecule has 0 saturated heterocycles. The monoisotopic (exact) mass is 299 g/mol. The molecule has 110 valence electrons. The fraction of sp³-hybridized carbons (Fsp3) is 0.278. The van der Waals surface area contributed by atoms with Crippen molar-refractivity contribution in [2.45, 2.75) is 31.0 Å².